The van der Waals surface area contributed by atoms with E-state index in [4.69, 9.17) is 4.42 Å². The minimum Gasteiger partial charge on any atom is -0.478 e. The smallest absolute Gasteiger partial charge is 0.335 e. The lowest BCUT2D eigenvalue weighted by Gasteiger charge is -2.12. The van der Waals surface area contributed by atoms with E-state index in [0.29, 0.717) is 17.0 Å². The van der Waals surface area contributed by atoms with Crippen LogP contribution in [0, 0.1) is 13.8 Å². The summed E-state index contributed by atoms with van der Waals surface area (Å²) in [5, 5.41) is 14.3. The molecule has 4 rings (SSSR count). The number of anilines is 1. The maximum Gasteiger partial charge on any atom is 0.335 e. The van der Waals surface area contributed by atoms with Gasteiger partial charge in [-0.05, 0) is 55.8 Å². The molecule has 0 saturated carbocycles. The molecule has 2 aromatic carbocycles. The molecule has 0 atom stereocenters. The molecule has 0 unspecified atom stereocenters. The molecule has 172 valence electrons. The molecule has 2 heterocycles. The van der Waals surface area contributed by atoms with Crippen LogP contribution in [-0.2, 0) is 9.59 Å². The fourth-order valence-corrected chi connectivity index (χ4v) is 3.43. The summed E-state index contributed by atoms with van der Waals surface area (Å²) in [5.41, 5.74) is 3.09. The first-order valence-electron chi connectivity index (χ1n) is 10.4. The standard InChI is InChI=1S/C25H21N3O6/c1-14-3-7-17(8-4-14)26-22(29)13-28-23(30)20(27-25(28)33)12-18-9-10-21(34-18)19-11-16(24(31)32)6-5-15(19)2/h3-12H,13H2,1-2H3,(H,26,29)(H,27,33)(H,31,32). The van der Waals surface area contributed by atoms with Gasteiger partial charge in [0.25, 0.3) is 5.91 Å². The highest BCUT2D eigenvalue weighted by molar-refractivity contribution is 6.15. The molecule has 1 aromatic heterocycles. The Morgan fingerprint density at radius 1 is 1.06 bits per heavy atom. The Morgan fingerprint density at radius 3 is 2.50 bits per heavy atom. The summed E-state index contributed by atoms with van der Waals surface area (Å²) in [4.78, 5) is 49.4. The number of carbonyl (C=O) groups is 4. The maximum absolute atomic E-state index is 12.7. The third kappa shape index (κ3) is 4.73. The molecule has 0 radical (unpaired) electrons. The minimum atomic E-state index is -1.05. The van der Waals surface area contributed by atoms with E-state index in [1.54, 1.807) is 30.3 Å². The number of rotatable bonds is 6. The predicted molar refractivity (Wildman–Crippen MR) is 124 cm³/mol. The van der Waals surface area contributed by atoms with Crippen LogP contribution in [0.15, 0.2) is 64.7 Å². The van der Waals surface area contributed by atoms with E-state index in [2.05, 4.69) is 10.6 Å². The molecule has 1 fully saturated rings. The van der Waals surface area contributed by atoms with Gasteiger partial charge in [-0.2, -0.15) is 0 Å². The van der Waals surface area contributed by atoms with Gasteiger partial charge in [0.05, 0.1) is 5.56 Å². The largest absolute Gasteiger partial charge is 0.478 e. The number of furan rings is 1. The summed E-state index contributed by atoms with van der Waals surface area (Å²) in [7, 11) is 0. The van der Waals surface area contributed by atoms with E-state index in [9.17, 15) is 24.3 Å². The summed E-state index contributed by atoms with van der Waals surface area (Å²) in [6, 6.07) is 14.3. The highest BCUT2D eigenvalue weighted by Gasteiger charge is 2.35. The van der Waals surface area contributed by atoms with E-state index in [0.717, 1.165) is 16.0 Å². The van der Waals surface area contributed by atoms with Crippen LogP contribution in [0.2, 0.25) is 0 Å². The zero-order valence-electron chi connectivity index (χ0n) is 18.4. The number of carboxylic acids is 1. The number of imide groups is 1. The molecule has 9 nitrogen and oxygen atoms in total. The average Bonchev–Trinajstić information content (AvgIpc) is 3.35. The van der Waals surface area contributed by atoms with Gasteiger partial charge in [0.2, 0.25) is 5.91 Å². The van der Waals surface area contributed by atoms with Crippen LogP contribution in [0.3, 0.4) is 0 Å². The van der Waals surface area contributed by atoms with Crippen molar-refractivity contribution < 1.29 is 28.7 Å². The van der Waals surface area contributed by atoms with Crippen molar-refractivity contribution in [1.29, 1.82) is 0 Å². The fraction of sp³-hybridized carbons (Fsp3) is 0.120. The van der Waals surface area contributed by atoms with Crippen LogP contribution in [0.1, 0.15) is 27.2 Å². The number of hydrogen-bond donors (Lipinski definition) is 3. The van der Waals surface area contributed by atoms with Crippen molar-refractivity contribution in [1.82, 2.24) is 10.2 Å². The molecule has 9 heteroatoms. The number of nitrogens with zero attached hydrogens (tertiary/aromatic N) is 1. The predicted octanol–water partition coefficient (Wildman–Crippen LogP) is 3.79. The quantitative estimate of drug-likeness (QED) is 0.380. The number of urea groups is 1. The minimum absolute atomic E-state index is 0.0370. The third-order valence-corrected chi connectivity index (χ3v) is 5.26. The van der Waals surface area contributed by atoms with E-state index in [1.165, 1.54) is 18.2 Å². The number of amides is 4. The Morgan fingerprint density at radius 2 is 1.79 bits per heavy atom. The lowest BCUT2D eigenvalue weighted by Crippen LogP contribution is -2.38. The van der Waals surface area contributed by atoms with Crippen LogP contribution in [0.4, 0.5) is 10.5 Å². The van der Waals surface area contributed by atoms with Crippen molar-refractivity contribution in [3.63, 3.8) is 0 Å². The van der Waals surface area contributed by atoms with Crippen LogP contribution in [-0.4, -0.2) is 40.4 Å². The van der Waals surface area contributed by atoms with E-state index < -0.39 is 30.4 Å². The molecular formula is C25H21N3O6. The van der Waals surface area contributed by atoms with Crippen LogP contribution in [0.5, 0.6) is 0 Å². The molecule has 4 amide bonds. The monoisotopic (exact) mass is 459 g/mol. The molecule has 3 N–H and O–H groups in total. The first kappa shape index (κ1) is 22.5. The van der Waals surface area contributed by atoms with Crippen LogP contribution >= 0.6 is 0 Å². The zero-order valence-corrected chi connectivity index (χ0v) is 18.4. The van der Waals surface area contributed by atoms with Crippen molar-refractivity contribution in [3.05, 3.63) is 82.7 Å². The zero-order chi connectivity index (χ0) is 24.4. The average molecular weight is 459 g/mol. The summed E-state index contributed by atoms with van der Waals surface area (Å²) in [6.07, 6.45) is 1.36. The summed E-state index contributed by atoms with van der Waals surface area (Å²) in [6.45, 7) is 3.30. The highest BCUT2D eigenvalue weighted by Crippen LogP contribution is 2.28. The van der Waals surface area contributed by atoms with E-state index >= 15 is 0 Å². The first-order valence-corrected chi connectivity index (χ1v) is 10.4. The van der Waals surface area contributed by atoms with E-state index in [-0.39, 0.29) is 17.0 Å². The second-order valence-corrected chi connectivity index (χ2v) is 7.83. The van der Waals surface area contributed by atoms with Crippen LogP contribution < -0.4 is 10.6 Å². The second kappa shape index (κ2) is 9.07. The molecule has 1 saturated heterocycles. The molecule has 0 bridgehead atoms. The molecule has 1 aliphatic heterocycles. The topological polar surface area (TPSA) is 129 Å². The van der Waals surface area contributed by atoms with Crippen LogP contribution in [0.25, 0.3) is 17.4 Å². The van der Waals surface area contributed by atoms with Crippen molar-refractivity contribution in [3.8, 4) is 11.3 Å². The van der Waals surface area contributed by atoms with Gasteiger partial charge in [-0.15, -0.1) is 0 Å². The third-order valence-electron chi connectivity index (χ3n) is 5.26. The number of carboxylic acid groups (broad SMARTS) is 1. The molecule has 34 heavy (non-hydrogen) atoms. The van der Waals surface area contributed by atoms with Gasteiger partial charge in [0.15, 0.2) is 0 Å². The molecular weight excluding hydrogens is 438 g/mol. The Kier molecular flexibility index (Phi) is 6.01. The maximum atomic E-state index is 12.7. The lowest BCUT2D eigenvalue weighted by atomic mass is 10.0. The lowest BCUT2D eigenvalue weighted by molar-refractivity contribution is -0.127. The van der Waals surface area contributed by atoms with Crippen molar-refractivity contribution in [2.75, 3.05) is 11.9 Å². The first-order chi connectivity index (χ1) is 16.2. The van der Waals surface area contributed by atoms with Gasteiger partial charge in [-0.3, -0.25) is 9.59 Å². The van der Waals surface area contributed by atoms with Gasteiger partial charge >= 0.3 is 12.0 Å². The van der Waals surface area contributed by atoms with Crippen molar-refractivity contribution >= 4 is 35.6 Å². The summed E-state index contributed by atoms with van der Waals surface area (Å²) >= 11 is 0. The van der Waals surface area contributed by atoms with Crippen molar-refractivity contribution in [2.24, 2.45) is 0 Å². The molecule has 0 spiro atoms. The van der Waals surface area contributed by atoms with Gasteiger partial charge in [0.1, 0.15) is 23.8 Å². The summed E-state index contributed by atoms with van der Waals surface area (Å²) in [5.74, 6) is -1.53. The number of aryl methyl sites for hydroxylation is 2. The molecule has 0 aliphatic carbocycles. The fourth-order valence-electron chi connectivity index (χ4n) is 3.43. The number of nitrogens with one attached hydrogen (secondary N) is 2. The molecule has 3 aromatic rings. The SMILES string of the molecule is Cc1ccc(NC(=O)CN2C(=O)NC(=Cc3ccc(-c4cc(C(=O)O)ccc4C)o3)C2=O)cc1. The Hall–Kier alpha value is -4.66. The Labute approximate surface area is 194 Å². The van der Waals surface area contributed by atoms with E-state index in [1.807, 2.05) is 26.0 Å². The number of hydrogen-bond acceptors (Lipinski definition) is 5. The summed E-state index contributed by atoms with van der Waals surface area (Å²) < 4.78 is 5.77. The van der Waals surface area contributed by atoms with Gasteiger partial charge in [0, 0.05) is 17.3 Å². The van der Waals surface area contributed by atoms with Crippen molar-refractivity contribution in [2.45, 2.75) is 13.8 Å². The van der Waals surface area contributed by atoms with Gasteiger partial charge in [-0.25, -0.2) is 14.5 Å². The Balaban J connectivity index is 1.48. The Bertz CT molecular complexity index is 1340. The number of benzene rings is 2. The normalized spacial score (nSPS) is 14.4. The molecule has 1 aliphatic rings. The number of aromatic carboxylic acids is 1. The second-order valence-electron chi connectivity index (χ2n) is 7.83. The van der Waals surface area contributed by atoms with Gasteiger partial charge in [-0.1, -0.05) is 23.8 Å². The van der Waals surface area contributed by atoms with Gasteiger partial charge < -0.3 is 20.2 Å². The highest BCUT2D eigenvalue weighted by atomic mass is 16.4. The number of carbonyl (C=O) groups excluding carboxylic acids is 3.